The quantitative estimate of drug-likeness (QED) is 0.631. The highest BCUT2D eigenvalue weighted by atomic mass is 16.5. The lowest BCUT2D eigenvalue weighted by molar-refractivity contribution is -0.0104. The van der Waals surface area contributed by atoms with Crippen molar-refractivity contribution in [1.29, 1.82) is 0 Å². The Labute approximate surface area is 81.5 Å². The Balaban J connectivity index is 3.50. The van der Waals surface area contributed by atoms with Crippen LogP contribution in [0.4, 0.5) is 0 Å². The van der Waals surface area contributed by atoms with Crippen molar-refractivity contribution >= 4 is 0 Å². The molecule has 0 saturated carbocycles. The van der Waals surface area contributed by atoms with Crippen molar-refractivity contribution < 1.29 is 9.84 Å². The van der Waals surface area contributed by atoms with Gasteiger partial charge in [-0.15, -0.1) is 0 Å². The molecule has 0 rings (SSSR count). The minimum Gasteiger partial charge on any atom is -0.392 e. The number of rotatable bonds is 7. The number of hydrogen-bond acceptors (Lipinski definition) is 3. The third kappa shape index (κ3) is 6.99. The van der Waals surface area contributed by atoms with E-state index in [1.165, 1.54) is 0 Å². The summed E-state index contributed by atoms with van der Waals surface area (Å²) in [6.07, 6.45) is 0.555. The molecule has 3 nitrogen and oxygen atoms in total. The molecule has 0 aliphatic rings. The molecule has 0 aromatic rings. The number of nitrogens with one attached hydrogen (secondary N) is 1. The molecule has 3 heteroatoms. The van der Waals surface area contributed by atoms with Gasteiger partial charge in [-0.1, -0.05) is 6.92 Å². The van der Waals surface area contributed by atoms with E-state index in [4.69, 9.17) is 4.74 Å². The molecule has 0 bridgehead atoms. The van der Waals surface area contributed by atoms with Gasteiger partial charge in [-0.25, -0.2) is 0 Å². The summed E-state index contributed by atoms with van der Waals surface area (Å²) >= 11 is 0. The van der Waals surface area contributed by atoms with Gasteiger partial charge in [0.1, 0.15) is 0 Å². The average molecular weight is 189 g/mol. The molecule has 2 N–H and O–H groups in total. The predicted octanol–water partition coefficient (Wildman–Crippen LogP) is 1.16. The Morgan fingerprint density at radius 1 is 1.38 bits per heavy atom. The molecule has 1 atom stereocenters. The summed E-state index contributed by atoms with van der Waals surface area (Å²) in [5, 5.41) is 12.5. The molecule has 0 aromatic carbocycles. The van der Waals surface area contributed by atoms with Gasteiger partial charge in [0.05, 0.1) is 11.7 Å². The average Bonchev–Trinajstić information content (AvgIpc) is 2.03. The third-order valence-corrected chi connectivity index (χ3v) is 1.94. The maximum absolute atomic E-state index is 9.28. The Hall–Kier alpha value is -0.120. The van der Waals surface area contributed by atoms with Gasteiger partial charge >= 0.3 is 0 Å². The lowest BCUT2D eigenvalue weighted by Crippen LogP contribution is -2.40. The van der Waals surface area contributed by atoms with Gasteiger partial charge in [0.15, 0.2) is 0 Å². The summed E-state index contributed by atoms with van der Waals surface area (Å²) in [7, 11) is 0. The van der Waals surface area contributed by atoms with Crippen molar-refractivity contribution in [3.63, 3.8) is 0 Å². The van der Waals surface area contributed by atoms with E-state index in [0.717, 1.165) is 19.6 Å². The second-order valence-electron chi connectivity index (χ2n) is 3.89. The first kappa shape index (κ1) is 12.9. The molecule has 1 unspecified atom stereocenters. The van der Waals surface area contributed by atoms with Crippen LogP contribution in [0.5, 0.6) is 0 Å². The number of hydrogen-bond donors (Lipinski definition) is 2. The Kier molecular flexibility index (Phi) is 6.29. The SMILES string of the molecule is CCOC(C)(C)CNCC(O)CC. The van der Waals surface area contributed by atoms with Crippen molar-refractivity contribution in [1.82, 2.24) is 5.32 Å². The fourth-order valence-electron chi connectivity index (χ4n) is 1.13. The number of ether oxygens (including phenoxy) is 1. The highest BCUT2D eigenvalue weighted by Crippen LogP contribution is 2.06. The molecule has 0 amide bonds. The summed E-state index contributed by atoms with van der Waals surface area (Å²) in [5.41, 5.74) is -0.137. The Morgan fingerprint density at radius 3 is 2.46 bits per heavy atom. The summed E-state index contributed by atoms with van der Waals surface area (Å²) < 4.78 is 5.50. The highest BCUT2D eigenvalue weighted by Gasteiger charge is 2.16. The topological polar surface area (TPSA) is 41.5 Å². The van der Waals surface area contributed by atoms with Crippen molar-refractivity contribution in [2.45, 2.75) is 45.8 Å². The van der Waals surface area contributed by atoms with Gasteiger partial charge in [-0.05, 0) is 27.2 Å². The van der Waals surface area contributed by atoms with Crippen LogP contribution in [0.1, 0.15) is 34.1 Å². The molecular formula is C10H23NO2. The fourth-order valence-corrected chi connectivity index (χ4v) is 1.13. The zero-order chi connectivity index (χ0) is 10.3. The first-order valence-electron chi connectivity index (χ1n) is 5.04. The van der Waals surface area contributed by atoms with E-state index in [0.29, 0.717) is 6.54 Å². The molecule has 0 aliphatic heterocycles. The van der Waals surface area contributed by atoms with Crippen molar-refractivity contribution in [2.75, 3.05) is 19.7 Å². The molecular weight excluding hydrogens is 166 g/mol. The predicted molar refractivity (Wildman–Crippen MR) is 54.9 cm³/mol. The standard InChI is InChI=1S/C10H23NO2/c1-5-9(12)7-11-8-10(3,4)13-6-2/h9,11-12H,5-8H2,1-4H3. The molecule has 0 spiro atoms. The largest absolute Gasteiger partial charge is 0.392 e. The van der Waals surface area contributed by atoms with E-state index < -0.39 is 0 Å². The van der Waals surface area contributed by atoms with Crippen molar-refractivity contribution in [2.24, 2.45) is 0 Å². The van der Waals surface area contributed by atoms with Crippen LogP contribution in [0, 0.1) is 0 Å². The van der Waals surface area contributed by atoms with Crippen LogP contribution in [0.2, 0.25) is 0 Å². The van der Waals surface area contributed by atoms with Gasteiger partial charge in [-0.3, -0.25) is 0 Å². The summed E-state index contributed by atoms with van der Waals surface area (Å²) in [4.78, 5) is 0. The second kappa shape index (κ2) is 6.35. The molecule has 0 fully saturated rings. The first-order chi connectivity index (χ1) is 6.02. The van der Waals surface area contributed by atoms with Gasteiger partial charge in [0, 0.05) is 19.7 Å². The van der Waals surface area contributed by atoms with Crippen molar-refractivity contribution in [3.05, 3.63) is 0 Å². The van der Waals surface area contributed by atoms with Crippen LogP contribution in [-0.4, -0.2) is 36.5 Å². The van der Waals surface area contributed by atoms with Crippen LogP contribution in [0.15, 0.2) is 0 Å². The molecule has 0 radical (unpaired) electrons. The smallest absolute Gasteiger partial charge is 0.0750 e. The van der Waals surface area contributed by atoms with E-state index in [9.17, 15) is 5.11 Å². The lowest BCUT2D eigenvalue weighted by Gasteiger charge is -2.25. The van der Waals surface area contributed by atoms with E-state index in [-0.39, 0.29) is 11.7 Å². The van der Waals surface area contributed by atoms with Gasteiger partial charge < -0.3 is 15.2 Å². The van der Waals surface area contributed by atoms with Gasteiger partial charge in [0.2, 0.25) is 0 Å². The highest BCUT2D eigenvalue weighted by molar-refractivity contribution is 4.72. The number of aliphatic hydroxyl groups excluding tert-OH is 1. The second-order valence-corrected chi connectivity index (χ2v) is 3.89. The molecule has 80 valence electrons. The van der Waals surface area contributed by atoms with E-state index in [1.807, 2.05) is 27.7 Å². The van der Waals surface area contributed by atoms with Gasteiger partial charge in [0.25, 0.3) is 0 Å². The monoisotopic (exact) mass is 189 g/mol. The minimum absolute atomic E-state index is 0.137. The molecule has 13 heavy (non-hydrogen) atoms. The fraction of sp³-hybridized carbons (Fsp3) is 1.00. The van der Waals surface area contributed by atoms with Crippen LogP contribution in [-0.2, 0) is 4.74 Å². The molecule has 0 aliphatic carbocycles. The normalized spacial score (nSPS) is 14.5. The van der Waals surface area contributed by atoms with Crippen molar-refractivity contribution in [3.8, 4) is 0 Å². The third-order valence-electron chi connectivity index (χ3n) is 1.94. The van der Waals surface area contributed by atoms with E-state index in [2.05, 4.69) is 5.32 Å². The summed E-state index contributed by atoms with van der Waals surface area (Å²) in [6, 6.07) is 0. The zero-order valence-electron chi connectivity index (χ0n) is 9.26. The van der Waals surface area contributed by atoms with Gasteiger partial charge in [-0.2, -0.15) is 0 Å². The summed E-state index contributed by atoms with van der Waals surface area (Å²) in [5.74, 6) is 0. The van der Waals surface area contributed by atoms with Crippen LogP contribution >= 0.6 is 0 Å². The maximum Gasteiger partial charge on any atom is 0.0750 e. The maximum atomic E-state index is 9.28. The van der Waals surface area contributed by atoms with Crippen LogP contribution in [0.25, 0.3) is 0 Å². The van der Waals surface area contributed by atoms with E-state index in [1.54, 1.807) is 0 Å². The van der Waals surface area contributed by atoms with Crippen LogP contribution < -0.4 is 5.32 Å². The Bertz CT molecular complexity index is 126. The molecule has 0 saturated heterocycles. The first-order valence-corrected chi connectivity index (χ1v) is 5.04. The lowest BCUT2D eigenvalue weighted by atomic mass is 10.1. The molecule has 0 aromatic heterocycles. The van der Waals surface area contributed by atoms with E-state index >= 15 is 0 Å². The van der Waals surface area contributed by atoms with Crippen LogP contribution in [0.3, 0.4) is 0 Å². The molecule has 0 heterocycles. The minimum atomic E-state index is -0.238. The zero-order valence-corrected chi connectivity index (χ0v) is 9.26. The number of aliphatic hydroxyl groups is 1. The Morgan fingerprint density at radius 2 is 2.00 bits per heavy atom. The summed E-state index contributed by atoms with van der Waals surface area (Å²) in [6.45, 7) is 10.2.